The van der Waals surface area contributed by atoms with Crippen LogP contribution in [0.5, 0.6) is 0 Å². The number of aryl methyl sites for hydroxylation is 1. The Hall–Kier alpha value is -2.20. The van der Waals surface area contributed by atoms with E-state index < -0.39 is 0 Å². The summed E-state index contributed by atoms with van der Waals surface area (Å²) in [5.41, 5.74) is 3.33. The average Bonchev–Trinajstić information content (AvgIpc) is 2.56. The van der Waals surface area contributed by atoms with Crippen LogP contribution in [0.25, 0.3) is 0 Å². The summed E-state index contributed by atoms with van der Waals surface area (Å²) >= 11 is 0. The van der Waals surface area contributed by atoms with Gasteiger partial charge in [0.05, 0.1) is 6.54 Å². The predicted octanol–water partition coefficient (Wildman–Crippen LogP) is 3.77. The number of hydrogen-bond donors (Lipinski definition) is 1. The van der Waals surface area contributed by atoms with Crippen molar-refractivity contribution in [3.63, 3.8) is 0 Å². The van der Waals surface area contributed by atoms with Gasteiger partial charge < -0.3 is 5.32 Å². The summed E-state index contributed by atoms with van der Waals surface area (Å²) in [6.07, 6.45) is 3.32. The molecule has 0 aromatic heterocycles. The van der Waals surface area contributed by atoms with E-state index in [2.05, 4.69) is 34.5 Å². The second kappa shape index (κ2) is 6.92. The van der Waals surface area contributed by atoms with Crippen LogP contribution in [0.3, 0.4) is 0 Å². The Bertz CT molecular complexity index is 684. The molecule has 0 spiro atoms. The van der Waals surface area contributed by atoms with E-state index >= 15 is 0 Å². The van der Waals surface area contributed by atoms with Gasteiger partial charge in [0.1, 0.15) is 5.82 Å². The zero-order valence-electron chi connectivity index (χ0n) is 13.3. The fourth-order valence-corrected chi connectivity index (χ4v) is 3.26. The highest BCUT2D eigenvalue weighted by atomic mass is 19.1. The van der Waals surface area contributed by atoms with E-state index in [1.807, 2.05) is 7.05 Å². The quantitative estimate of drug-likeness (QED) is 0.932. The number of nitrogens with zero attached hydrogens (tertiary/aromatic N) is 1. The molecular weight excluding hydrogens is 291 g/mol. The van der Waals surface area contributed by atoms with Gasteiger partial charge in [-0.3, -0.25) is 9.69 Å². The van der Waals surface area contributed by atoms with Gasteiger partial charge in [-0.05, 0) is 61.7 Å². The van der Waals surface area contributed by atoms with Crippen molar-refractivity contribution in [1.29, 1.82) is 0 Å². The Kier molecular flexibility index (Phi) is 4.72. The van der Waals surface area contributed by atoms with Crippen LogP contribution in [0.15, 0.2) is 48.5 Å². The standard InChI is InChI=1S/C19H21FN2O/c1-22(13-19(23)21-16-11-9-15(20)10-12-16)18-8-4-6-14-5-2-3-7-17(14)18/h2-3,5,7,9-12,18H,4,6,8,13H2,1H3,(H,21,23). The molecule has 1 unspecified atom stereocenters. The molecule has 3 nitrogen and oxygen atoms in total. The van der Waals surface area contributed by atoms with E-state index in [0.29, 0.717) is 12.2 Å². The van der Waals surface area contributed by atoms with Gasteiger partial charge in [-0.25, -0.2) is 4.39 Å². The van der Waals surface area contributed by atoms with Crippen molar-refractivity contribution in [2.24, 2.45) is 0 Å². The van der Waals surface area contributed by atoms with Crippen molar-refractivity contribution >= 4 is 11.6 Å². The molecule has 0 radical (unpaired) electrons. The Labute approximate surface area is 136 Å². The number of benzene rings is 2. The molecule has 0 fully saturated rings. The second-order valence-electron chi connectivity index (χ2n) is 6.08. The minimum absolute atomic E-state index is 0.0813. The third-order valence-electron chi connectivity index (χ3n) is 4.39. The fraction of sp³-hybridized carbons (Fsp3) is 0.316. The molecule has 0 heterocycles. The summed E-state index contributed by atoms with van der Waals surface area (Å²) < 4.78 is 12.9. The van der Waals surface area contributed by atoms with Gasteiger partial charge >= 0.3 is 0 Å². The minimum atomic E-state index is -0.307. The monoisotopic (exact) mass is 312 g/mol. The molecule has 3 rings (SSSR count). The molecule has 4 heteroatoms. The van der Waals surface area contributed by atoms with Gasteiger partial charge in [0.15, 0.2) is 0 Å². The predicted molar refractivity (Wildman–Crippen MR) is 89.8 cm³/mol. The second-order valence-corrected chi connectivity index (χ2v) is 6.08. The molecule has 0 bridgehead atoms. The van der Waals surface area contributed by atoms with E-state index in [9.17, 15) is 9.18 Å². The van der Waals surface area contributed by atoms with Crippen LogP contribution >= 0.6 is 0 Å². The van der Waals surface area contributed by atoms with Crippen LogP contribution in [0.4, 0.5) is 10.1 Å². The van der Waals surface area contributed by atoms with Crippen molar-refractivity contribution in [2.75, 3.05) is 18.9 Å². The molecule has 120 valence electrons. The maximum atomic E-state index is 12.9. The lowest BCUT2D eigenvalue weighted by Gasteiger charge is -2.32. The van der Waals surface area contributed by atoms with Gasteiger partial charge in [0, 0.05) is 11.7 Å². The van der Waals surface area contributed by atoms with Crippen molar-refractivity contribution in [3.8, 4) is 0 Å². The zero-order chi connectivity index (χ0) is 16.2. The number of nitrogens with one attached hydrogen (secondary N) is 1. The van der Waals surface area contributed by atoms with Crippen LogP contribution < -0.4 is 5.32 Å². The number of rotatable bonds is 4. The highest BCUT2D eigenvalue weighted by molar-refractivity contribution is 5.92. The van der Waals surface area contributed by atoms with E-state index in [4.69, 9.17) is 0 Å². The topological polar surface area (TPSA) is 32.3 Å². The van der Waals surface area contributed by atoms with Crippen LogP contribution in [0.1, 0.15) is 30.0 Å². The third kappa shape index (κ3) is 3.77. The maximum Gasteiger partial charge on any atom is 0.238 e. The first-order valence-corrected chi connectivity index (χ1v) is 7.97. The van der Waals surface area contributed by atoms with E-state index in [-0.39, 0.29) is 17.8 Å². The van der Waals surface area contributed by atoms with Gasteiger partial charge in [-0.1, -0.05) is 24.3 Å². The Morgan fingerprint density at radius 3 is 2.74 bits per heavy atom. The highest BCUT2D eigenvalue weighted by Crippen LogP contribution is 2.33. The summed E-state index contributed by atoms with van der Waals surface area (Å²) in [6.45, 7) is 0.316. The molecule has 0 saturated heterocycles. The van der Waals surface area contributed by atoms with E-state index in [1.165, 1.54) is 23.3 Å². The molecule has 1 atom stereocenters. The lowest BCUT2D eigenvalue weighted by molar-refractivity contribution is -0.117. The first kappa shape index (κ1) is 15.7. The molecule has 2 aromatic rings. The number of halogens is 1. The van der Waals surface area contributed by atoms with Crippen LogP contribution in [0.2, 0.25) is 0 Å². The number of likely N-dealkylation sites (N-methyl/N-ethyl adjacent to an activating group) is 1. The summed E-state index contributed by atoms with van der Waals surface area (Å²) in [6, 6.07) is 14.6. The molecule has 1 N–H and O–H groups in total. The Balaban J connectivity index is 1.64. The smallest absolute Gasteiger partial charge is 0.238 e. The van der Waals surface area contributed by atoms with Gasteiger partial charge in [0.25, 0.3) is 0 Å². The first-order valence-electron chi connectivity index (χ1n) is 7.97. The molecular formula is C19H21FN2O. The number of carbonyl (C=O) groups excluding carboxylic acids is 1. The van der Waals surface area contributed by atoms with Crippen molar-refractivity contribution < 1.29 is 9.18 Å². The van der Waals surface area contributed by atoms with Gasteiger partial charge in [-0.2, -0.15) is 0 Å². The average molecular weight is 312 g/mol. The Morgan fingerprint density at radius 2 is 1.96 bits per heavy atom. The number of amides is 1. The molecule has 1 aliphatic rings. The number of hydrogen-bond acceptors (Lipinski definition) is 2. The number of carbonyl (C=O) groups is 1. The van der Waals surface area contributed by atoms with Gasteiger partial charge in [-0.15, -0.1) is 0 Å². The molecule has 23 heavy (non-hydrogen) atoms. The third-order valence-corrected chi connectivity index (χ3v) is 4.39. The molecule has 2 aromatic carbocycles. The molecule has 1 aliphatic carbocycles. The van der Waals surface area contributed by atoms with E-state index in [0.717, 1.165) is 19.3 Å². The lowest BCUT2D eigenvalue weighted by Crippen LogP contribution is -2.34. The van der Waals surface area contributed by atoms with Crippen molar-refractivity contribution in [2.45, 2.75) is 25.3 Å². The number of fused-ring (bicyclic) bond motifs is 1. The summed E-state index contributed by atoms with van der Waals surface area (Å²) in [5, 5.41) is 2.82. The number of anilines is 1. The molecule has 0 saturated carbocycles. The zero-order valence-corrected chi connectivity index (χ0v) is 13.3. The summed E-state index contributed by atoms with van der Waals surface area (Å²) in [7, 11) is 1.98. The lowest BCUT2D eigenvalue weighted by atomic mass is 9.87. The highest BCUT2D eigenvalue weighted by Gasteiger charge is 2.24. The molecule has 0 aliphatic heterocycles. The Morgan fingerprint density at radius 1 is 1.22 bits per heavy atom. The van der Waals surface area contributed by atoms with Crippen molar-refractivity contribution in [1.82, 2.24) is 4.90 Å². The minimum Gasteiger partial charge on any atom is -0.325 e. The van der Waals surface area contributed by atoms with Crippen LogP contribution in [0, 0.1) is 5.82 Å². The van der Waals surface area contributed by atoms with Crippen LogP contribution in [-0.2, 0) is 11.2 Å². The SMILES string of the molecule is CN(CC(=O)Nc1ccc(F)cc1)C1CCCc2ccccc21. The van der Waals surface area contributed by atoms with Crippen LogP contribution in [-0.4, -0.2) is 24.4 Å². The normalized spacial score (nSPS) is 16.9. The maximum absolute atomic E-state index is 12.9. The fourth-order valence-electron chi connectivity index (χ4n) is 3.26. The summed E-state index contributed by atoms with van der Waals surface area (Å²) in [4.78, 5) is 14.3. The largest absolute Gasteiger partial charge is 0.325 e. The van der Waals surface area contributed by atoms with Crippen molar-refractivity contribution in [3.05, 3.63) is 65.5 Å². The first-order chi connectivity index (χ1) is 11.1. The molecule has 1 amide bonds. The van der Waals surface area contributed by atoms with E-state index in [1.54, 1.807) is 12.1 Å². The van der Waals surface area contributed by atoms with Gasteiger partial charge in [0.2, 0.25) is 5.91 Å². The summed E-state index contributed by atoms with van der Waals surface area (Å²) in [5.74, 6) is -0.388.